The number of carbonyl (C=O) groups is 2. The lowest BCUT2D eigenvalue weighted by Gasteiger charge is -2.17. The van der Waals surface area contributed by atoms with Gasteiger partial charge in [0.25, 0.3) is 5.91 Å². The molecule has 2 rings (SSSR count). The van der Waals surface area contributed by atoms with Gasteiger partial charge < -0.3 is 10.6 Å². The van der Waals surface area contributed by atoms with Crippen molar-refractivity contribution in [2.45, 2.75) is 18.4 Å². The molecule has 26 heavy (non-hydrogen) atoms. The van der Waals surface area contributed by atoms with Gasteiger partial charge in [-0.05, 0) is 56.1 Å². The van der Waals surface area contributed by atoms with Crippen LogP contribution in [0.2, 0.25) is 0 Å². The lowest BCUT2D eigenvalue weighted by atomic mass is 10.2. The van der Waals surface area contributed by atoms with Gasteiger partial charge in [-0.15, -0.1) is 11.8 Å². The standard InChI is InChI=1S/C20H25N3O2S/c1-4-21-20(25)16-6-5-7-17(12-16)22-19(24)14-23(2)13-15-8-10-18(26-3)11-9-15/h5-12H,4,13-14H2,1-3H3,(H,21,25)(H,22,24). The SMILES string of the molecule is CCNC(=O)c1cccc(NC(=O)CN(C)Cc2ccc(SC)cc2)c1. The van der Waals surface area contributed by atoms with Crippen molar-refractivity contribution < 1.29 is 9.59 Å². The summed E-state index contributed by atoms with van der Waals surface area (Å²) < 4.78 is 0. The zero-order chi connectivity index (χ0) is 18.9. The minimum absolute atomic E-state index is 0.110. The summed E-state index contributed by atoms with van der Waals surface area (Å²) in [4.78, 5) is 27.3. The molecule has 2 aromatic rings. The van der Waals surface area contributed by atoms with Crippen molar-refractivity contribution >= 4 is 29.3 Å². The number of benzene rings is 2. The lowest BCUT2D eigenvalue weighted by molar-refractivity contribution is -0.117. The monoisotopic (exact) mass is 371 g/mol. The molecule has 0 atom stereocenters. The van der Waals surface area contributed by atoms with E-state index < -0.39 is 0 Å². The highest BCUT2D eigenvalue weighted by atomic mass is 32.2. The molecule has 2 aromatic carbocycles. The Morgan fingerprint density at radius 1 is 1.12 bits per heavy atom. The highest BCUT2D eigenvalue weighted by Gasteiger charge is 2.10. The normalized spacial score (nSPS) is 10.6. The van der Waals surface area contributed by atoms with E-state index in [1.54, 1.807) is 36.0 Å². The molecule has 0 bridgehead atoms. The number of hydrogen-bond acceptors (Lipinski definition) is 4. The Kier molecular flexibility index (Phi) is 7.69. The number of nitrogens with zero attached hydrogens (tertiary/aromatic N) is 1. The first-order valence-electron chi connectivity index (χ1n) is 8.51. The summed E-state index contributed by atoms with van der Waals surface area (Å²) in [6.07, 6.45) is 2.05. The van der Waals surface area contributed by atoms with E-state index >= 15 is 0 Å². The van der Waals surface area contributed by atoms with Crippen molar-refractivity contribution in [1.29, 1.82) is 0 Å². The number of amides is 2. The van der Waals surface area contributed by atoms with Gasteiger partial charge in [-0.25, -0.2) is 0 Å². The zero-order valence-corrected chi connectivity index (χ0v) is 16.2. The summed E-state index contributed by atoms with van der Waals surface area (Å²) in [6, 6.07) is 15.3. The van der Waals surface area contributed by atoms with Gasteiger partial charge in [-0.3, -0.25) is 14.5 Å². The third-order valence-electron chi connectivity index (χ3n) is 3.77. The largest absolute Gasteiger partial charge is 0.352 e. The molecular weight excluding hydrogens is 346 g/mol. The van der Waals surface area contributed by atoms with Gasteiger partial charge in [0.05, 0.1) is 6.54 Å². The minimum Gasteiger partial charge on any atom is -0.352 e. The van der Waals surface area contributed by atoms with E-state index in [2.05, 4.69) is 34.9 Å². The van der Waals surface area contributed by atoms with E-state index in [-0.39, 0.29) is 18.4 Å². The van der Waals surface area contributed by atoms with Crippen LogP contribution < -0.4 is 10.6 Å². The maximum atomic E-state index is 12.3. The maximum absolute atomic E-state index is 12.3. The molecule has 0 aliphatic heterocycles. The lowest BCUT2D eigenvalue weighted by Crippen LogP contribution is -2.30. The fraction of sp³-hybridized carbons (Fsp3) is 0.300. The maximum Gasteiger partial charge on any atom is 0.251 e. The van der Waals surface area contributed by atoms with E-state index in [0.29, 0.717) is 24.3 Å². The predicted octanol–water partition coefficient (Wildman–Crippen LogP) is 3.23. The summed E-state index contributed by atoms with van der Waals surface area (Å²) in [6.45, 7) is 3.41. The number of anilines is 1. The molecule has 2 amide bonds. The molecular formula is C20H25N3O2S. The second-order valence-electron chi connectivity index (χ2n) is 6.01. The number of likely N-dealkylation sites (N-methyl/N-ethyl adjacent to an activating group) is 1. The van der Waals surface area contributed by atoms with Crippen LogP contribution in [-0.2, 0) is 11.3 Å². The summed E-state index contributed by atoms with van der Waals surface area (Å²) in [5, 5.41) is 5.60. The second-order valence-corrected chi connectivity index (χ2v) is 6.89. The van der Waals surface area contributed by atoms with Gasteiger partial charge in [-0.1, -0.05) is 18.2 Å². The van der Waals surface area contributed by atoms with Crippen molar-refractivity contribution in [3.63, 3.8) is 0 Å². The molecule has 0 radical (unpaired) electrons. The van der Waals surface area contributed by atoms with Crippen LogP contribution in [0.5, 0.6) is 0 Å². The van der Waals surface area contributed by atoms with Crippen molar-refractivity contribution in [2.24, 2.45) is 0 Å². The van der Waals surface area contributed by atoms with Crippen LogP contribution in [0.1, 0.15) is 22.8 Å². The number of carbonyl (C=O) groups excluding carboxylic acids is 2. The first-order valence-corrected chi connectivity index (χ1v) is 9.74. The molecule has 0 saturated carbocycles. The van der Waals surface area contributed by atoms with Crippen molar-refractivity contribution in [2.75, 3.05) is 31.7 Å². The molecule has 0 heterocycles. The summed E-state index contributed by atoms with van der Waals surface area (Å²) >= 11 is 1.71. The van der Waals surface area contributed by atoms with Crippen molar-refractivity contribution in [3.8, 4) is 0 Å². The molecule has 6 heteroatoms. The van der Waals surface area contributed by atoms with E-state index in [4.69, 9.17) is 0 Å². The summed E-state index contributed by atoms with van der Waals surface area (Å²) in [5.41, 5.74) is 2.32. The van der Waals surface area contributed by atoms with Gasteiger partial charge in [0.2, 0.25) is 5.91 Å². The molecule has 0 aromatic heterocycles. The number of hydrogen-bond donors (Lipinski definition) is 2. The number of nitrogens with one attached hydrogen (secondary N) is 2. The Labute approximate surface area is 159 Å². The van der Waals surface area contributed by atoms with Crippen molar-refractivity contribution in [3.05, 3.63) is 59.7 Å². The van der Waals surface area contributed by atoms with Crippen LogP contribution >= 0.6 is 11.8 Å². The smallest absolute Gasteiger partial charge is 0.251 e. The molecule has 138 valence electrons. The average molecular weight is 372 g/mol. The van der Waals surface area contributed by atoms with Crippen LogP contribution in [0.25, 0.3) is 0 Å². The Balaban J connectivity index is 1.89. The van der Waals surface area contributed by atoms with E-state index in [1.165, 1.54) is 4.90 Å². The Hall–Kier alpha value is -2.31. The van der Waals surface area contributed by atoms with Crippen LogP contribution in [-0.4, -0.2) is 43.1 Å². The third-order valence-corrected chi connectivity index (χ3v) is 4.51. The Morgan fingerprint density at radius 3 is 2.50 bits per heavy atom. The van der Waals surface area contributed by atoms with Gasteiger partial charge in [0.15, 0.2) is 0 Å². The second kappa shape index (κ2) is 9.99. The van der Waals surface area contributed by atoms with Crippen LogP contribution in [0.3, 0.4) is 0 Å². The van der Waals surface area contributed by atoms with Gasteiger partial charge in [0.1, 0.15) is 0 Å². The average Bonchev–Trinajstić information content (AvgIpc) is 2.62. The number of rotatable bonds is 8. The van der Waals surface area contributed by atoms with Crippen LogP contribution in [0.4, 0.5) is 5.69 Å². The molecule has 0 aliphatic rings. The van der Waals surface area contributed by atoms with Gasteiger partial charge in [-0.2, -0.15) is 0 Å². The van der Waals surface area contributed by atoms with Crippen molar-refractivity contribution in [1.82, 2.24) is 10.2 Å². The Morgan fingerprint density at radius 2 is 1.85 bits per heavy atom. The molecule has 2 N–H and O–H groups in total. The molecule has 0 aliphatic carbocycles. The molecule has 0 saturated heterocycles. The first kappa shape index (κ1) is 20.0. The van der Waals surface area contributed by atoms with E-state index in [1.807, 2.05) is 25.1 Å². The summed E-state index contributed by atoms with van der Waals surface area (Å²) in [7, 11) is 1.91. The molecule has 0 spiro atoms. The molecule has 0 fully saturated rings. The zero-order valence-electron chi connectivity index (χ0n) is 15.4. The number of thioether (sulfide) groups is 1. The fourth-order valence-corrected chi connectivity index (χ4v) is 2.95. The highest BCUT2D eigenvalue weighted by molar-refractivity contribution is 7.98. The summed E-state index contributed by atoms with van der Waals surface area (Å²) in [5.74, 6) is -0.254. The molecule has 5 nitrogen and oxygen atoms in total. The fourth-order valence-electron chi connectivity index (χ4n) is 2.54. The minimum atomic E-state index is -0.144. The van der Waals surface area contributed by atoms with Crippen LogP contribution in [0, 0.1) is 0 Å². The third kappa shape index (κ3) is 6.20. The van der Waals surface area contributed by atoms with Crippen LogP contribution in [0.15, 0.2) is 53.4 Å². The topological polar surface area (TPSA) is 61.4 Å². The van der Waals surface area contributed by atoms with Gasteiger partial charge in [0, 0.05) is 29.2 Å². The first-order chi connectivity index (χ1) is 12.5. The van der Waals surface area contributed by atoms with E-state index in [9.17, 15) is 9.59 Å². The predicted molar refractivity (Wildman–Crippen MR) is 108 cm³/mol. The highest BCUT2D eigenvalue weighted by Crippen LogP contribution is 2.16. The molecule has 0 unspecified atom stereocenters. The Bertz CT molecular complexity index is 747. The van der Waals surface area contributed by atoms with Gasteiger partial charge >= 0.3 is 0 Å². The van der Waals surface area contributed by atoms with E-state index in [0.717, 1.165) is 5.56 Å². The quantitative estimate of drug-likeness (QED) is 0.700.